The van der Waals surface area contributed by atoms with Crippen LogP contribution in [0.1, 0.15) is 36.3 Å². The fourth-order valence-corrected chi connectivity index (χ4v) is 5.50. The number of hydrogen-bond acceptors (Lipinski definition) is 9. The summed E-state index contributed by atoms with van der Waals surface area (Å²) >= 11 is 1.33. The molecule has 1 aliphatic rings. The Bertz CT molecular complexity index is 1160. The largest absolute Gasteiger partial charge is 0.481 e. The van der Waals surface area contributed by atoms with Crippen LogP contribution in [0.3, 0.4) is 0 Å². The van der Waals surface area contributed by atoms with Crippen molar-refractivity contribution in [1.82, 2.24) is 15.0 Å². The Balaban J connectivity index is 1.56. The Morgan fingerprint density at radius 1 is 1.24 bits per heavy atom. The van der Waals surface area contributed by atoms with Gasteiger partial charge in [0.2, 0.25) is 11.8 Å². The molecule has 180 valence electrons. The van der Waals surface area contributed by atoms with Crippen molar-refractivity contribution in [3.05, 3.63) is 47.2 Å². The molecule has 0 radical (unpaired) electrons. The van der Waals surface area contributed by atoms with Crippen molar-refractivity contribution in [1.29, 1.82) is 0 Å². The number of aromatic nitrogens is 3. The number of carboxylic acids is 1. The van der Waals surface area contributed by atoms with Crippen LogP contribution in [-0.4, -0.2) is 50.0 Å². The van der Waals surface area contributed by atoms with Crippen molar-refractivity contribution in [2.24, 2.45) is 11.8 Å². The van der Waals surface area contributed by atoms with Crippen LogP contribution in [0.5, 0.6) is 5.88 Å². The number of thiazole rings is 1. The summed E-state index contributed by atoms with van der Waals surface area (Å²) in [5.41, 5.74) is 1.22. The Morgan fingerprint density at radius 2 is 2.00 bits per heavy atom. The summed E-state index contributed by atoms with van der Waals surface area (Å²) in [4.78, 5) is 25.1. The van der Waals surface area contributed by atoms with Gasteiger partial charge in [0.1, 0.15) is 10.6 Å². The lowest BCUT2D eigenvalue weighted by molar-refractivity contribution is -0.145. The van der Waals surface area contributed by atoms with Crippen molar-refractivity contribution in [2.45, 2.75) is 38.2 Å². The molecule has 10 heteroatoms. The number of anilines is 2. The summed E-state index contributed by atoms with van der Waals surface area (Å²) in [6.07, 6.45) is 5.34. The molecule has 4 N–H and O–H groups in total. The van der Waals surface area contributed by atoms with Gasteiger partial charge in [-0.3, -0.25) is 4.79 Å². The van der Waals surface area contributed by atoms with E-state index in [1.165, 1.54) is 11.3 Å². The highest BCUT2D eigenvalue weighted by atomic mass is 32.1. The van der Waals surface area contributed by atoms with Gasteiger partial charge in [0.15, 0.2) is 0 Å². The summed E-state index contributed by atoms with van der Waals surface area (Å²) in [6.45, 7) is 1.52. The number of ether oxygens (including phenoxy) is 1. The predicted molar refractivity (Wildman–Crippen MR) is 128 cm³/mol. The van der Waals surface area contributed by atoms with Gasteiger partial charge in [0, 0.05) is 24.1 Å². The number of rotatable bonds is 8. The third-order valence-corrected chi connectivity index (χ3v) is 7.54. The molecule has 9 nitrogen and oxygen atoms in total. The molecule has 0 aliphatic heterocycles. The highest BCUT2D eigenvalue weighted by Crippen LogP contribution is 2.43. The van der Waals surface area contributed by atoms with Crippen molar-refractivity contribution >= 4 is 28.9 Å². The van der Waals surface area contributed by atoms with Gasteiger partial charge in [-0.25, -0.2) is 9.97 Å². The third-order valence-electron chi connectivity index (χ3n) is 6.33. The summed E-state index contributed by atoms with van der Waals surface area (Å²) in [5, 5.41) is 34.4. The molecule has 1 atom stereocenters. The molecule has 1 saturated carbocycles. The van der Waals surface area contributed by atoms with E-state index in [0.717, 1.165) is 21.7 Å². The maximum atomic E-state index is 11.4. The summed E-state index contributed by atoms with van der Waals surface area (Å²) in [5.74, 6) is -0.568. The quantitative estimate of drug-likeness (QED) is 0.377. The van der Waals surface area contributed by atoms with Crippen molar-refractivity contribution in [2.75, 3.05) is 19.0 Å². The first-order chi connectivity index (χ1) is 16.3. The van der Waals surface area contributed by atoms with E-state index in [4.69, 9.17) is 4.74 Å². The molecular weight excluding hydrogens is 456 g/mol. The van der Waals surface area contributed by atoms with Crippen LogP contribution in [-0.2, 0) is 10.4 Å². The van der Waals surface area contributed by atoms with Gasteiger partial charge in [0.25, 0.3) is 0 Å². The van der Waals surface area contributed by atoms with Gasteiger partial charge in [-0.1, -0.05) is 6.07 Å². The second-order valence-corrected chi connectivity index (χ2v) is 9.66. The summed E-state index contributed by atoms with van der Waals surface area (Å²) < 4.78 is 5.15. The molecule has 2 aromatic heterocycles. The van der Waals surface area contributed by atoms with E-state index in [0.29, 0.717) is 42.5 Å². The Labute approximate surface area is 201 Å². The molecule has 3 aromatic rings. The van der Waals surface area contributed by atoms with E-state index >= 15 is 0 Å². The van der Waals surface area contributed by atoms with E-state index in [2.05, 4.69) is 20.3 Å². The lowest BCUT2D eigenvalue weighted by atomic mass is 9.74. The van der Waals surface area contributed by atoms with Crippen LogP contribution in [0.2, 0.25) is 0 Å². The van der Waals surface area contributed by atoms with Gasteiger partial charge < -0.3 is 25.4 Å². The lowest BCUT2D eigenvalue weighted by Gasteiger charge is -2.37. The van der Waals surface area contributed by atoms with E-state index in [1.54, 1.807) is 25.6 Å². The average Bonchev–Trinajstić information content (AvgIpc) is 3.34. The fraction of sp³-hybridized carbons (Fsp3) is 0.417. The fourth-order valence-electron chi connectivity index (χ4n) is 4.44. The van der Waals surface area contributed by atoms with Gasteiger partial charge >= 0.3 is 5.97 Å². The third kappa shape index (κ3) is 5.03. The maximum Gasteiger partial charge on any atom is 0.306 e. The first-order valence-electron chi connectivity index (χ1n) is 11.1. The Hall–Kier alpha value is -3.08. The number of nitrogens with one attached hydrogen (secondary N) is 1. The first-order valence-corrected chi connectivity index (χ1v) is 11.9. The molecule has 34 heavy (non-hydrogen) atoms. The second kappa shape index (κ2) is 10.0. The highest BCUT2D eigenvalue weighted by molar-refractivity contribution is 7.15. The maximum absolute atomic E-state index is 11.4. The number of methoxy groups -OCH3 is 1. The molecule has 1 aromatic carbocycles. The standard InChI is InChI=1S/C24H28N4O5S/c1-14-9-16(11-18(10-14)27-23-25-8-7-20(28-23)33-2)19-12-26-22(34-19)24(32,13-29)17-5-3-15(4-6-17)21(30)31/h7-12,15,17,29,32H,3-6,13H2,1-2H3,(H,30,31)(H,25,27,28). The smallest absolute Gasteiger partial charge is 0.306 e. The zero-order chi connectivity index (χ0) is 24.3. The molecule has 0 bridgehead atoms. The SMILES string of the molecule is COc1ccnc(Nc2cc(C)cc(-c3cnc(C(O)(CO)C4CCC(C(=O)O)CC4)s3)c2)n1. The van der Waals surface area contributed by atoms with Crippen LogP contribution >= 0.6 is 11.3 Å². The van der Waals surface area contributed by atoms with Gasteiger partial charge in [-0.2, -0.15) is 4.98 Å². The molecule has 0 spiro atoms. The lowest BCUT2D eigenvalue weighted by Crippen LogP contribution is -2.41. The number of hydrogen-bond donors (Lipinski definition) is 4. The van der Waals surface area contributed by atoms with Crippen molar-refractivity contribution in [3.8, 4) is 16.3 Å². The van der Waals surface area contributed by atoms with E-state index < -0.39 is 24.1 Å². The number of carbonyl (C=O) groups is 1. The number of benzene rings is 1. The Morgan fingerprint density at radius 3 is 2.68 bits per heavy atom. The summed E-state index contributed by atoms with van der Waals surface area (Å²) in [6, 6.07) is 7.61. The van der Waals surface area contributed by atoms with E-state index in [-0.39, 0.29) is 5.92 Å². The highest BCUT2D eigenvalue weighted by Gasteiger charge is 2.43. The van der Waals surface area contributed by atoms with Crippen LogP contribution < -0.4 is 10.1 Å². The molecule has 1 unspecified atom stereocenters. The molecule has 1 fully saturated rings. The van der Waals surface area contributed by atoms with Crippen LogP contribution in [0.15, 0.2) is 36.7 Å². The normalized spacial score (nSPS) is 19.9. The van der Waals surface area contributed by atoms with E-state index in [9.17, 15) is 20.1 Å². The predicted octanol–water partition coefficient (Wildman–Crippen LogP) is 3.73. The summed E-state index contributed by atoms with van der Waals surface area (Å²) in [7, 11) is 1.55. The topological polar surface area (TPSA) is 138 Å². The minimum absolute atomic E-state index is 0.243. The molecule has 0 amide bonds. The molecular formula is C24H28N4O5S. The zero-order valence-corrected chi connectivity index (χ0v) is 19.9. The minimum Gasteiger partial charge on any atom is -0.481 e. The molecule has 4 rings (SSSR count). The monoisotopic (exact) mass is 484 g/mol. The van der Waals surface area contributed by atoms with Gasteiger partial charge in [-0.05, 0) is 61.8 Å². The molecule has 1 aliphatic carbocycles. The van der Waals surface area contributed by atoms with Crippen LogP contribution in [0, 0.1) is 18.8 Å². The Kier molecular flexibility index (Phi) is 7.11. The number of aliphatic hydroxyl groups is 2. The molecule has 2 heterocycles. The number of aryl methyl sites for hydroxylation is 1. The van der Waals surface area contributed by atoms with Crippen molar-refractivity contribution < 1.29 is 24.9 Å². The van der Waals surface area contributed by atoms with Gasteiger partial charge in [-0.15, -0.1) is 11.3 Å². The van der Waals surface area contributed by atoms with E-state index in [1.807, 2.05) is 25.1 Å². The van der Waals surface area contributed by atoms with Gasteiger partial charge in [0.05, 0.1) is 24.5 Å². The zero-order valence-electron chi connectivity index (χ0n) is 19.1. The molecule has 0 saturated heterocycles. The number of aliphatic hydroxyl groups excluding tert-OH is 1. The number of aliphatic carboxylic acids is 1. The first kappa shape index (κ1) is 24.1. The number of carboxylic acid groups (broad SMARTS) is 1. The van der Waals surface area contributed by atoms with Crippen LogP contribution in [0.25, 0.3) is 10.4 Å². The average molecular weight is 485 g/mol. The van der Waals surface area contributed by atoms with Crippen molar-refractivity contribution in [3.63, 3.8) is 0 Å². The minimum atomic E-state index is -1.49. The second-order valence-electron chi connectivity index (χ2n) is 8.63. The van der Waals surface area contributed by atoms with Crippen LogP contribution in [0.4, 0.5) is 11.6 Å². The number of nitrogens with zero attached hydrogens (tertiary/aromatic N) is 3.